The second-order valence-electron chi connectivity index (χ2n) is 15.0. The van der Waals surface area contributed by atoms with Crippen LogP contribution in [0.5, 0.6) is 0 Å². The largest absolute Gasteiger partial charge is 0.756 e. The number of nitrogens with zero attached hydrogens (tertiary/aromatic N) is 1. The van der Waals surface area contributed by atoms with Gasteiger partial charge in [-0.25, -0.2) is 0 Å². The molecule has 54 heavy (non-hydrogen) atoms. The van der Waals surface area contributed by atoms with E-state index in [0.29, 0.717) is 30.3 Å². The third-order valence-corrected chi connectivity index (χ3v) is 9.52. The number of carbonyl (C=O) groups excluding carboxylic acids is 1. The Kier molecular flexibility index (Phi) is 32.8. The van der Waals surface area contributed by atoms with Crippen molar-refractivity contribution in [2.45, 2.75) is 154 Å². The highest BCUT2D eigenvalue weighted by atomic mass is 31.2. The van der Waals surface area contributed by atoms with E-state index in [1.54, 1.807) is 42.5 Å². The Balaban J connectivity index is 4.81. The summed E-state index contributed by atoms with van der Waals surface area (Å²) in [6, 6.07) is -1.01. The lowest BCUT2D eigenvalue weighted by Crippen LogP contribution is -2.45. The SMILES string of the molecule is CCC/C=C\CCCCCCCC/C=C/[C@@H](O)[C@H](COP(=O)([O-])OCC[N+](C)(C)C)NC(=O)CCC[C@@H](O)\C=C/C=C/C=C/[C@@H](O)C/C=C\CCCCC. The minimum Gasteiger partial charge on any atom is -0.756 e. The summed E-state index contributed by atoms with van der Waals surface area (Å²) in [6.07, 6.45) is 37.1. The van der Waals surface area contributed by atoms with Gasteiger partial charge in [0.1, 0.15) is 13.2 Å². The van der Waals surface area contributed by atoms with Gasteiger partial charge in [-0.15, -0.1) is 0 Å². The maximum atomic E-state index is 12.8. The lowest BCUT2D eigenvalue weighted by atomic mass is 10.1. The average Bonchev–Trinajstić information content (AvgIpc) is 3.10. The maximum absolute atomic E-state index is 12.8. The molecule has 1 amide bonds. The Bertz CT molecular complexity index is 1140. The lowest BCUT2D eigenvalue weighted by molar-refractivity contribution is -0.870. The number of allylic oxidation sites excluding steroid dienone is 8. The van der Waals surface area contributed by atoms with Crippen LogP contribution in [0, 0.1) is 0 Å². The van der Waals surface area contributed by atoms with Gasteiger partial charge < -0.3 is 39.1 Å². The predicted molar refractivity (Wildman–Crippen MR) is 222 cm³/mol. The Morgan fingerprint density at radius 1 is 0.704 bits per heavy atom. The van der Waals surface area contributed by atoms with Crippen LogP contribution >= 0.6 is 7.82 Å². The van der Waals surface area contributed by atoms with Crippen molar-refractivity contribution < 1.29 is 43.1 Å². The molecule has 0 saturated carbocycles. The number of quaternary nitrogens is 1. The van der Waals surface area contributed by atoms with E-state index in [-0.39, 0.29) is 18.9 Å². The molecule has 0 aliphatic rings. The third-order valence-electron chi connectivity index (χ3n) is 8.55. The number of unbranched alkanes of at least 4 members (excludes halogenated alkanes) is 11. The number of hydrogen-bond donors (Lipinski definition) is 4. The lowest BCUT2D eigenvalue weighted by Gasteiger charge is -2.29. The van der Waals surface area contributed by atoms with E-state index < -0.39 is 38.8 Å². The monoisotopic (exact) mass is 781 g/mol. The second kappa shape index (κ2) is 34.1. The van der Waals surface area contributed by atoms with Crippen LogP contribution in [0.3, 0.4) is 0 Å². The molecule has 0 aromatic rings. The highest BCUT2D eigenvalue weighted by Gasteiger charge is 2.23. The average molecular weight is 781 g/mol. The Hall–Kier alpha value is -2.14. The van der Waals surface area contributed by atoms with Crippen molar-refractivity contribution in [3.05, 3.63) is 72.9 Å². The molecule has 0 aromatic heterocycles. The number of hydrogen-bond acceptors (Lipinski definition) is 8. The van der Waals surface area contributed by atoms with E-state index in [1.807, 2.05) is 33.3 Å². The molecule has 0 heterocycles. The van der Waals surface area contributed by atoms with E-state index in [4.69, 9.17) is 9.05 Å². The van der Waals surface area contributed by atoms with Crippen molar-refractivity contribution >= 4 is 13.7 Å². The summed E-state index contributed by atoms with van der Waals surface area (Å²) >= 11 is 0. The van der Waals surface area contributed by atoms with Crippen molar-refractivity contribution in [1.82, 2.24) is 5.32 Å². The normalized spacial score (nSPS) is 16.4. The number of phosphoric acid groups is 1. The van der Waals surface area contributed by atoms with E-state index in [9.17, 15) is 29.6 Å². The summed E-state index contributed by atoms with van der Waals surface area (Å²) in [4.78, 5) is 25.2. The Morgan fingerprint density at radius 2 is 1.28 bits per heavy atom. The smallest absolute Gasteiger partial charge is 0.268 e. The van der Waals surface area contributed by atoms with Crippen LogP contribution in [-0.2, 0) is 18.4 Å². The molecule has 11 heteroatoms. The number of likely N-dealkylation sites (N-methyl/N-ethyl adjacent to an activating group) is 1. The summed E-state index contributed by atoms with van der Waals surface area (Å²) in [6.45, 7) is 4.28. The first-order chi connectivity index (χ1) is 25.8. The first-order valence-electron chi connectivity index (χ1n) is 20.5. The number of aliphatic hydroxyl groups excluding tert-OH is 3. The van der Waals surface area contributed by atoms with Crippen molar-refractivity contribution in [3.8, 4) is 0 Å². The van der Waals surface area contributed by atoms with Gasteiger partial charge in [-0.05, 0) is 64.2 Å². The van der Waals surface area contributed by atoms with Gasteiger partial charge in [-0.1, -0.05) is 132 Å². The van der Waals surface area contributed by atoms with Gasteiger partial charge >= 0.3 is 0 Å². The van der Waals surface area contributed by atoms with E-state index in [2.05, 4.69) is 37.4 Å². The van der Waals surface area contributed by atoms with Gasteiger partial charge in [-0.3, -0.25) is 9.36 Å². The molecular weight excluding hydrogens is 703 g/mol. The molecule has 0 aromatic carbocycles. The van der Waals surface area contributed by atoms with E-state index >= 15 is 0 Å². The fourth-order valence-electron chi connectivity index (χ4n) is 5.17. The van der Waals surface area contributed by atoms with E-state index in [0.717, 1.165) is 44.9 Å². The molecule has 0 radical (unpaired) electrons. The minimum atomic E-state index is -4.66. The molecule has 0 bridgehead atoms. The molecule has 0 spiro atoms. The topological polar surface area (TPSA) is 148 Å². The van der Waals surface area contributed by atoms with Crippen LogP contribution in [0.25, 0.3) is 0 Å². The van der Waals surface area contributed by atoms with Crippen LogP contribution < -0.4 is 10.2 Å². The molecule has 312 valence electrons. The van der Waals surface area contributed by atoms with Crippen LogP contribution in [0.15, 0.2) is 72.9 Å². The van der Waals surface area contributed by atoms with Gasteiger partial charge in [0.05, 0.1) is 52.1 Å². The number of aliphatic hydroxyl groups is 3. The zero-order valence-corrected chi connectivity index (χ0v) is 35.3. The second-order valence-corrected chi connectivity index (χ2v) is 16.4. The molecule has 10 nitrogen and oxygen atoms in total. The highest BCUT2D eigenvalue weighted by Crippen LogP contribution is 2.38. The summed E-state index contributed by atoms with van der Waals surface area (Å²) in [5.41, 5.74) is 0. The van der Waals surface area contributed by atoms with Gasteiger partial charge in [0.25, 0.3) is 7.82 Å². The highest BCUT2D eigenvalue weighted by molar-refractivity contribution is 7.45. The minimum absolute atomic E-state index is 0.0523. The number of rotatable bonds is 35. The summed E-state index contributed by atoms with van der Waals surface area (Å²) in [7, 11) is 1.08. The number of carbonyl (C=O) groups is 1. The van der Waals surface area contributed by atoms with E-state index in [1.165, 1.54) is 44.9 Å². The standard InChI is InChI=1S/C43H77N2O8P/c1-6-8-10-12-14-15-16-17-18-19-20-22-28-34-42(48)41(38-53-54(50,51)52-37-36-45(3,4)5)44-43(49)35-29-33-40(47)32-27-24-23-26-31-39(46)30-25-21-13-11-9-7-2/h10,12,21,23-28,31-32,34,39-42,46-48H,6-9,11,13-20,22,29-30,33,35-38H2,1-5H3,(H-,44,49,50,51)/b12-10-,24-23+,25-21-,31-26+,32-27-,34-28+/t39-,40-,41-,42+/m0/s1. The first-order valence-corrected chi connectivity index (χ1v) is 22.0. The number of nitrogens with one attached hydrogen (secondary N) is 1. The zero-order chi connectivity index (χ0) is 40.3. The number of phosphoric ester groups is 1. The fraction of sp³-hybridized carbons (Fsp3) is 0.698. The summed E-state index contributed by atoms with van der Waals surface area (Å²) in [5, 5.41) is 34.0. The third kappa shape index (κ3) is 35.6. The first kappa shape index (κ1) is 51.9. The van der Waals surface area contributed by atoms with Crippen LogP contribution in [0.1, 0.15) is 129 Å². The number of amides is 1. The van der Waals surface area contributed by atoms with Gasteiger partial charge in [-0.2, -0.15) is 0 Å². The van der Waals surface area contributed by atoms with Crippen LogP contribution in [-0.4, -0.2) is 91.0 Å². The Morgan fingerprint density at radius 3 is 1.91 bits per heavy atom. The molecule has 0 fully saturated rings. The van der Waals surface area contributed by atoms with Crippen molar-refractivity contribution in [2.24, 2.45) is 0 Å². The van der Waals surface area contributed by atoms with Crippen molar-refractivity contribution in [3.63, 3.8) is 0 Å². The summed E-state index contributed by atoms with van der Waals surface area (Å²) < 4.78 is 23.0. The van der Waals surface area contributed by atoms with Crippen molar-refractivity contribution in [2.75, 3.05) is 40.9 Å². The molecular formula is C43H77N2O8P. The molecule has 5 atom stereocenters. The van der Waals surface area contributed by atoms with Crippen molar-refractivity contribution in [1.29, 1.82) is 0 Å². The molecule has 0 aliphatic carbocycles. The quantitative estimate of drug-likeness (QED) is 0.0166. The van der Waals surface area contributed by atoms with Crippen LogP contribution in [0.2, 0.25) is 0 Å². The predicted octanol–water partition coefficient (Wildman–Crippen LogP) is 8.16. The maximum Gasteiger partial charge on any atom is 0.268 e. The molecule has 4 N–H and O–H groups in total. The van der Waals surface area contributed by atoms with Gasteiger partial charge in [0, 0.05) is 6.42 Å². The Labute approximate surface area is 329 Å². The van der Waals surface area contributed by atoms with Crippen LogP contribution in [0.4, 0.5) is 0 Å². The molecule has 1 unspecified atom stereocenters. The molecule has 0 saturated heterocycles. The zero-order valence-electron chi connectivity index (χ0n) is 34.4. The molecule has 0 aliphatic heterocycles. The summed E-state index contributed by atoms with van der Waals surface area (Å²) in [5.74, 6) is -0.390. The molecule has 0 rings (SSSR count). The van der Waals surface area contributed by atoms with Gasteiger partial charge in [0.15, 0.2) is 0 Å². The van der Waals surface area contributed by atoms with Gasteiger partial charge in [0.2, 0.25) is 5.91 Å². The fourth-order valence-corrected chi connectivity index (χ4v) is 5.89.